The number of sulfonamides is 1. The lowest BCUT2D eigenvalue weighted by Gasteiger charge is -2.14. The summed E-state index contributed by atoms with van der Waals surface area (Å²) in [7, 11) is -3.59. The molecule has 0 aliphatic heterocycles. The van der Waals surface area contributed by atoms with Gasteiger partial charge in [0, 0.05) is 13.2 Å². The van der Waals surface area contributed by atoms with Crippen molar-refractivity contribution in [3.8, 4) is 0 Å². The second-order valence-corrected chi connectivity index (χ2v) is 6.96. The normalized spacial score (nSPS) is 13.4. The first-order chi connectivity index (χ1) is 9.29. The summed E-state index contributed by atoms with van der Waals surface area (Å²) in [6.07, 6.45) is 1.47. The van der Waals surface area contributed by atoms with E-state index in [1.165, 1.54) is 0 Å². The van der Waals surface area contributed by atoms with Crippen LogP contribution in [0.5, 0.6) is 0 Å². The van der Waals surface area contributed by atoms with Crippen molar-refractivity contribution in [2.24, 2.45) is 5.92 Å². The number of aryl methyl sites for hydroxylation is 1. The number of benzene rings is 1. The van der Waals surface area contributed by atoms with Crippen LogP contribution in [-0.2, 0) is 10.0 Å². The van der Waals surface area contributed by atoms with E-state index in [1.807, 2.05) is 19.9 Å². The highest BCUT2D eigenvalue weighted by molar-refractivity contribution is 7.89. The predicted molar refractivity (Wildman–Crippen MR) is 81.0 cm³/mol. The minimum Gasteiger partial charge on any atom is -0.398 e. The van der Waals surface area contributed by atoms with Gasteiger partial charge in [-0.05, 0) is 49.8 Å². The minimum absolute atomic E-state index is 0.122. The van der Waals surface area contributed by atoms with E-state index in [2.05, 4.69) is 4.72 Å². The van der Waals surface area contributed by atoms with Crippen molar-refractivity contribution < 1.29 is 13.5 Å². The van der Waals surface area contributed by atoms with Crippen LogP contribution in [0.15, 0.2) is 17.0 Å². The lowest BCUT2D eigenvalue weighted by molar-refractivity contribution is 0.228. The van der Waals surface area contributed by atoms with Gasteiger partial charge < -0.3 is 10.8 Å². The van der Waals surface area contributed by atoms with Gasteiger partial charge in [0.1, 0.15) is 4.90 Å². The van der Waals surface area contributed by atoms with Crippen LogP contribution in [0.1, 0.15) is 30.9 Å². The number of nitrogens with one attached hydrogen (secondary N) is 1. The maximum atomic E-state index is 12.3. The third-order valence-corrected chi connectivity index (χ3v) is 5.12. The highest BCUT2D eigenvalue weighted by Gasteiger charge is 2.20. The van der Waals surface area contributed by atoms with Crippen LogP contribution in [0.25, 0.3) is 0 Å². The molecule has 1 aromatic carbocycles. The van der Waals surface area contributed by atoms with Crippen LogP contribution in [0.3, 0.4) is 0 Å². The fourth-order valence-corrected chi connectivity index (χ4v) is 3.49. The number of nitrogen functional groups attached to an aromatic ring is 1. The maximum Gasteiger partial charge on any atom is 0.242 e. The van der Waals surface area contributed by atoms with Crippen molar-refractivity contribution in [1.29, 1.82) is 0 Å². The van der Waals surface area contributed by atoms with Gasteiger partial charge in [-0.2, -0.15) is 0 Å². The number of hydrogen-bond acceptors (Lipinski definition) is 4. The van der Waals surface area contributed by atoms with E-state index in [0.717, 1.165) is 12.0 Å². The second-order valence-electron chi connectivity index (χ2n) is 5.25. The molecule has 5 nitrogen and oxygen atoms in total. The molecule has 0 aliphatic rings. The van der Waals surface area contributed by atoms with Crippen molar-refractivity contribution in [1.82, 2.24) is 4.72 Å². The van der Waals surface area contributed by atoms with Crippen LogP contribution in [0.2, 0.25) is 0 Å². The molecular weight excluding hydrogens is 276 g/mol. The molecule has 0 aromatic heterocycles. The molecule has 114 valence electrons. The van der Waals surface area contributed by atoms with E-state index >= 15 is 0 Å². The fourth-order valence-electron chi connectivity index (χ4n) is 1.99. The summed E-state index contributed by atoms with van der Waals surface area (Å²) in [6.45, 7) is 6.01. The summed E-state index contributed by atoms with van der Waals surface area (Å²) in [6, 6.07) is 3.43. The number of anilines is 1. The van der Waals surface area contributed by atoms with Gasteiger partial charge in [0.05, 0.1) is 5.69 Å². The van der Waals surface area contributed by atoms with E-state index in [4.69, 9.17) is 10.8 Å². The molecule has 1 aromatic rings. The first kappa shape index (κ1) is 16.9. The van der Waals surface area contributed by atoms with E-state index < -0.39 is 10.0 Å². The van der Waals surface area contributed by atoms with Gasteiger partial charge in [0.25, 0.3) is 0 Å². The topological polar surface area (TPSA) is 92.4 Å². The average molecular weight is 300 g/mol. The molecule has 0 fully saturated rings. The highest BCUT2D eigenvalue weighted by atomic mass is 32.2. The average Bonchev–Trinajstić information content (AvgIpc) is 2.39. The van der Waals surface area contributed by atoms with E-state index in [0.29, 0.717) is 18.5 Å². The molecule has 1 atom stereocenters. The zero-order valence-corrected chi connectivity index (χ0v) is 13.1. The van der Waals surface area contributed by atoms with Crippen LogP contribution < -0.4 is 10.5 Å². The Bertz CT molecular complexity index is 556. The number of aliphatic hydroxyl groups is 1. The number of hydrogen-bond donors (Lipinski definition) is 3. The van der Waals surface area contributed by atoms with E-state index in [-0.39, 0.29) is 23.1 Å². The van der Waals surface area contributed by atoms with Crippen molar-refractivity contribution in [3.63, 3.8) is 0 Å². The number of aliphatic hydroxyl groups excluding tert-OH is 1. The van der Waals surface area contributed by atoms with Crippen LogP contribution in [-0.4, -0.2) is 26.7 Å². The Kier molecular flexibility index (Phi) is 5.98. The van der Waals surface area contributed by atoms with Crippen LogP contribution in [0.4, 0.5) is 5.69 Å². The Hall–Kier alpha value is -1.11. The van der Waals surface area contributed by atoms with Gasteiger partial charge in [0.15, 0.2) is 0 Å². The summed E-state index contributed by atoms with van der Waals surface area (Å²) < 4.78 is 27.2. The SMILES string of the molecule is Cc1ccc(N)c(S(=O)(=O)NCCCC(C)CO)c1C. The summed E-state index contributed by atoms with van der Waals surface area (Å²) in [5.41, 5.74) is 7.64. The predicted octanol–water partition coefficient (Wildman–Crippen LogP) is 1.57. The first-order valence-electron chi connectivity index (χ1n) is 6.75. The largest absolute Gasteiger partial charge is 0.398 e. The van der Waals surface area contributed by atoms with E-state index in [1.54, 1.807) is 13.0 Å². The van der Waals surface area contributed by atoms with Gasteiger partial charge in [0.2, 0.25) is 10.0 Å². The zero-order chi connectivity index (χ0) is 15.3. The molecule has 4 N–H and O–H groups in total. The molecule has 6 heteroatoms. The van der Waals surface area contributed by atoms with Crippen molar-refractivity contribution >= 4 is 15.7 Å². The summed E-state index contributed by atoms with van der Waals surface area (Å²) >= 11 is 0. The first-order valence-corrected chi connectivity index (χ1v) is 8.24. The highest BCUT2D eigenvalue weighted by Crippen LogP contribution is 2.25. The second kappa shape index (κ2) is 7.06. The number of nitrogens with two attached hydrogens (primary N) is 1. The standard InChI is InChI=1S/C14H24N2O3S/c1-10(9-17)5-4-8-16-20(18,19)14-12(3)11(2)6-7-13(14)15/h6-7,10,16-17H,4-5,8-9,15H2,1-3H3. The third-order valence-electron chi connectivity index (χ3n) is 3.45. The van der Waals surface area contributed by atoms with Gasteiger partial charge in [-0.25, -0.2) is 13.1 Å². The summed E-state index contributed by atoms with van der Waals surface area (Å²) in [4.78, 5) is 0.174. The molecular formula is C14H24N2O3S. The molecule has 0 amide bonds. The van der Waals surface area contributed by atoms with Gasteiger partial charge in [-0.3, -0.25) is 0 Å². The third kappa shape index (κ3) is 4.19. The molecule has 0 bridgehead atoms. The quantitative estimate of drug-likeness (QED) is 0.526. The maximum absolute atomic E-state index is 12.3. The fraction of sp³-hybridized carbons (Fsp3) is 0.571. The van der Waals surface area contributed by atoms with Crippen LogP contribution in [0, 0.1) is 19.8 Å². The smallest absolute Gasteiger partial charge is 0.242 e. The molecule has 20 heavy (non-hydrogen) atoms. The number of rotatable bonds is 7. The zero-order valence-electron chi connectivity index (χ0n) is 12.3. The van der Waals surface area contributed by atoms with Gasteiger partial charge in [-0.1, -0.05) is 13.0 Å². The molecule has 0 saturated heterocycles. The van der Waals surface area contributed by atoms with Crippen molar-refractivity contribution in [2.45, 2.75) is 38.5 Å². The molecule has 0 aliphatic carbocycles. The lowest BCUT2D eigenvalue weighted by atomic mass is 10.1. The molecule has 1 rings (SSSR count). The Morgan fingerprint density at radius 1 is 1.35 bits per heavy atom. The van der Waals surface area contributed by atoms with Gasteiger partial charge >= 0.3 is 0 Å². The van der Waals surface area contributed by atoms with E-state index in [9.17, 15) is 8.42 Å². The molecule has 1 unspecified atom stereocenters. The molecule has 0 spiro atoms. The van der Waals surface area contributed by atoms with Crippen molar-refractivity contribution in [2.75, 3.05) is 18.9 Å². The Morgan fingerprint density at radius 2 is 2.00 bits per heavy atom. The molecule has 0 radical (unpaired) electrons. The molecule has 0 saturated carbocycles. The lowest BCUT2D eigenvalue weighted by Crippen LogP contribution is -2.27. The minimum atomic E-state index is -3.59. The van der Waals surface area contributed by atoms with Crippen LogP contribution >= 0.6 is 0 Å². The summed E-state index contributed by atoms with van der Waals surface area (Å²) in [5.74, 6) is 0.185. The molecule has 0 heterocycles. The van der Waals surface area contributed by atoms with Crippen molar-refractivity contribution in [3.05, 3.63) is 23.3 Å². The summed E-state index contributed by atoms with van der Waals surface area (Å²) in [5, 5.41) is 8.92. The monoisotopic (exact) mass is 300 g/mol. The Labute approximate surface area is 121 Å². The van der Waals surface area contributed by atoms with Gasteiger partial charge in [-0.15, -0.1) is 0 Å². The Balaban J connectivity index is 2.78. The Morgan fingerprint density at radius 3 is 2.60 bits per heavy atom.